The second-order valence-corrected chi connectivity index (χ2v) is 7.06. The van der Waals surface area contributed by atoms with E-state index in [0.717, 1.165) is 11.1 Å². The first-order valence-electron chi connectivity index (χ1n) is 9.23. The van der Waals surface area contributed by atoms with Crippen molar-refractivity contribution in [1.29, 1.82) is 0 Å². The molecule has 1 N–H and O–H groups in total. The summed E-state index contributed by atoms with van der Waals surface area (Å²) in [5.41, 5.74) is 2.13. The Morgan fingerprint density at radius 2 is 1.59 bits per heavy atom. The smallest absolute Gasteiger partial charge is 0.251 e. The molecule has 0 radical (unpaired) electrons. The molecule has 3 rings (SSSR count). The number of nitrogens with one attached hydrogen (secondary N) is 1. The van der Waals surface area contributed by atoms with E-state index in [2.05, 4.69) is 5.32 Å². The SMILES string of the molecule is CCOc1ccc(C(=O)NCc2ccccc2Cl)cc1COc1ccccc1Cl. The average Bonchev–Trinajstić information content (AvgIpc) is 2.73. The Hall–Kier alpha value is -2.69. The third-order valence-electron chi connectivity index (χ3n) is 4.24. The number of hydrogen-bond donors (Lipinski definition) is 1. The fraction of sp³-hybridized carbons (Fsp3) is 0.174. The molecule has 0 aliphatic carbocycles. The summed E-state index contributed by atoms with van der Waals surface area (Å²) in [5, 5.41) is 4.04. The van der Waals surface area contributed by atoms with Gasteiger partial charge in [0.2, 0.25) is 0 Å². The molecule has 3 aromatic rings. The summed E-state index contributed by atoms with van der Waals surface area (Å²) in [4.78, 5) is 12.6. The third-order valence-corrected chi connectivity index (χ3v) is 4.92. The van der Waals surface area contributed by atoms with Gasteiger partial charge in [0.1, 0.15) is 18.1 Å². The molecule has 150 valence electrons. The minimum atomic E-state index is -0.202. The number of ether oxygens (including phenoxy) is 2. The molecule has 0 heterocycles. The zero-order valence-corrected chi connectivity index (χ0v) is 17.5. The van der Waals surface area contributed by atoms with Crippen LogP contribution >= 0.6 is 23.2 Å². The van der Waals surface area contributed by atoms with Crippen LogP contribution in [0.4, 0.5) is 0 Å². The van der Waals surface area contributed by atoms with E-state index in [1.807, 2.05) is 37.3 Å². The van der Waals surface area contributed by atoms with Crippen molar-refractivity contribution in [3.05, 3.63) is 93.5 Å². The molecule has 4 nitrogen and oxygen atoms in total. The first-order valence-corrected chi connectivity index (χ1v) is 9.98. The lowest BCUT2D eigenvalue weighted by molar-refractivity contribution is 0.0950. The minimum Gasteiger partial charge on any atom is -0.493 e. The predicted octanol–water partition coefficient (Wildman–Crippen LogP) is 5.90. The maximum absolute atomic E-state index is 12.6. The van der Waals surface area contributed by atoms with Gasteiger partial charge in [-0.05, 0) is 48.9 Å². The van der Waals surface area contributed by atoms with Crippen molar-refractivity contribution < 1.29 is 14.3 Å². The lowest BCUT2D eigenvalue weighted by atomic mass is 10.1. The molecular formula is C23H21Cl2NO3. The summed E-state index contributed by atoms with van der Waals surface area (Å²) in [7, 11) is 0. The van der Waals surface area contributed by atoms with Gasteiger partial charge < -0.3 is 14.8 Å². The van der Waals surface area contributed by atoms with Crippen LogP contribution in [0.25, 0.3) is 0 Å². The molecule has 0 aliphatic heterocycles. The van der Waals surface area contributed by atoms with E-state index in [4.69, 9.17) is 32.7 Å². The third kappa shape index (κ3) is 5.66. The van der Waals surface area contributed by atoms with Crippen molar-refractivity contribution in [2.45, 2.75) is 20.1 Å². The maximum Gasteiger partial charge on any atom is 0.251 e. The van der Waals surface area contributed by atoms with Gasteiger partial charge in [-0.25, -0.2) is 0 Å². The van der Waals surface area contributed by atoms with Gasteiger partial charge in [-0.2, -0.15) is 0 Å². The molecule has 0 saturated heterocycles. The Kier molecular flexibility index (Phi) is 7.39. The monoisotopic (exact) mass is 429 g/mol. The minimum absolute atomic E-state index is 0.202. The second kappa shape index (κ2) is 10.2. The molecular weight excluding hydrogens is 409 g/mol. The molecule has 0 saturated carbocycles. The quantitative estimate of drug-likeness (QED) is 0.484. The van der Waals surface area contributed by atoms with Crippen LogP contribution in [0.15, 0.2) is 66.7 Å². The Morgan fingerprint density at radius 3 is 2.31 bits per heavy atom. The van der Waals surface area contributed by atoms with Crippen LogP contribution in [0.1, 0.15) is 28.4 Å². The highest BCUT2D eigenvalue weighted by Crippen LogP contribution is 2.27. The van der Waals surface area contributed by atoms with Gasteiger partial charge in [0.25, 0.3) is 5.91 Å². The fourth-order valence-electron chi connectivity index (χ4n) is 2.77. The summed E-state index contributed by atoms with van der Waals surface area (Å²) in [6.07, 6.45) is 0. The lowest BCUT2D eigenvalue weighted by Crippen LogP contribution is -2.23. The highest BCUT2D eigenvalue weighted by atomic mass is 35.5. The van der Waals surface area contributed by atoms with E-state index < -0.39 is 0 Å². The highest BCUT2D eigenvalue weighted by molar-refractivity contribution is 6.32. The highest BCUT2D eigenvalue weighted by Gasteiger charge is 2.12. The number of para-hydroxylation sites is 1. The number of amides is 1. The van der Waals surface area contributed by atoms with Crippen LogP contribution in [0, 0.1) is 0 Å². The molecule has 0 aliphatic rings. The maximum atomic E-state index is 12.6. The first-order chi connectivity index (χ1) is 14.1. The van der Waals surface area contributed by atoms with Gasteiger partial charge >= 0.3 is 0 Å². The average molecular weight is 430 g/mol. The topological polar surface area (TPSA) is 47.6 Å². The summed E-state index contributed by atoms with van der Waals surface area (Å²) in [6.45, 7) is 2.99. The Balaban J connectivity index is 1.74. The molecule has 0 fully saturated rings. The van der Waals surface area contributed by atoms with Crippen LogP contribution in [-0.4, -0.2) is 12.5 Å². The largest absolute Gasteiger partial charge is 0.493 e. The number of hydrogen-bond acceptors (Lipinski definition) is 3. The van der Waals surface area contributed by atoms with E-state index in [9.17, 15) is 4.79 Å². The van der Waals surface area contributed by atoms with Crippen LogP contribution in [0.2, 0.25) is 10.0 Å². The normalized spacial score (nSPS) is 10.4. The molecule has 6 heteroatoms. The summed E-state index contributed by atoms with van der Waals surface area (Å²) < 4.78 is 11.5. The van der Waals surface area contributed by atoms with E-state index in [1.165, 1.54) is 0 Å². The molecule has 0 unspecified atom stereocenters. The van der Waals surface area contributed by atoms with Gasteiger partial charge in [0.05, 0.1) is 11.6 Å². The second-order valence-electron chi connectivity index (χ2n) is 6.25. The molecule has 29 heavy (non-hydrogen) atoms. The van der Waals surface area contributed by atoms with E-state index in [-0.39, 0.29) is 12.5 Å². The summed E-state index contributed by atoms with van der Waals surface area (Å²) in [6, 6.07) is 19.9. The van der Waals surface area contributed by atoms with Crippen molar-refractivity contribution in [2.75, 3.05) is 6.61 Å². The van der Waals surface area contributed by atoms with Gasteiger partial charge in [-0.1, -0.05) is 53.5 Å². The van der Waals surface area contributed by atoms with Gasteiger partial charge in [-0.3, -0.25) is 4.79 Å². The van der Waals surface area contributed by atoms with E-state index in [0.29, 0.717) is 40.3 Å². The molecule has 1 amide bonds. The van der Waals surface area contributed by atoms with Crippen molar-refractivity contribution in [1.82, 2.24) is 5.32 Å². The van der Waals surface area contributed by atoms with Crippen molar-refractivity contribution >= 4 is 29.1 Å². The number of halogens is 2. The molecule has 0 aromatic heterocycles. The Labute approximate surface area is 180 Å². The van der Waals surface area contributed by atoms with Crippen molar-refractivity contribution in [2.24, 2.45) is 0 Å². The number of carbonyl (C=O) groups excluding carboxylic acids is 1. The first kappa shape index (κ1) is 21.0. The number of benzene rings is 3. The number of rotatable bonds is 8. The lowest BCUT2D eigenvalue weighted by Gasteiger charge is -2.14. The molecule has 0 bridgehead atoms. The van der Waals surface area contributed by atoms with Crippen molar-refractivity contribution in [3.8, 4) is 11.5 Å². The fourth-order valence-corrected chi connectivity index (χ4v) is 3.16. The number of carbonyl (C=O) groups is 1. The van der Waals surface area contributed by atoms with Gasteiger partial charge in [0, 0.05) is 22.7 Å². The van der Waals surface area contributed by atoms with Crippen molar-refractivity contribution in [3.63, 3.8) is 0 Å². The summed E-state index contributed by atoms with van der Waals surface area (Å²) >= 11 is 12.3. The predicted molar refractivity (Wildman–Crippen MR) is 116 cm³/mol. The van der Waals surface area contributed by atoms with E-state index in [1.54, 1.807) is 36.4 Å². The molecule has 0 spiro atoms. The van der Waals surface area contributed by atoms with Crippen LogP contribution in [0.3, 0.4) is 0 Å². The molecule has 0 atom stereocenters. The van der Waals surface area contributed by atoms with Gasteiger partial charge in [0.15, 0.2) is 0 Å². The zero-order chi connectivity index (χ0) is 20.6. The van der Waals surface area contributed by atoms with Gasteiger partial charge in [-0.15, -0.1) is 0 Å². The standard InChI is InChI=1S/C23H21Cl2NO3/c1-2-28-21-12-11-16(23(27)26-14-17-7-3-4-8-19(17)24)13-18(21)15-29-22-10-6-5-9-20(22)25/h3-13H,2,14-15H2,1H3,(H,26,27). The van der Waals surface area contributed by atoms with Crippen LogP contribution in [-0.2, 0) is 13.2 Å². The van der Waals surface area contributed by atoms with Crippen LogP contribution in [0.5, 0.6) is 11.5 Å². The molecule has 3 aromatic carbocycles. The zero-order valence-electron chi connectivity index (χ0n) is 16.0. The Morgan fingerprint density at radius 1 is 0.862 bits per heavy atom. The summed E-state index contributed by atoms with van der Waals surface area (Å²) in [5.74, 6) is 1.04. The van der Waals surface area contributed by atoms with Crippen LogP contribution < -0.4 is 14.8 Å². The van der Waals surface area contributed by atoms with E-state index >= 15 is 0 Å². The Bertz CT molecular complexity index is 991.